The number of aryl methyl sites for hydroxylation is 2. The third kappa shape index (κ3) is 3.65. The number of aromatic nitrogens is 1. The summed E-state index contributed by atoms with van der Waals surface area (Å²) in [5.74, 6) is -0.0225. The van der Waals surface area contributed by atoms with Gasteiger partial charge in [-0.15, -0.1) is 0 Å². The molecule has 0 saturated heterocycles. The third-order valence-corrected chi connectivity index (χ3v) is 6.47. The molecule has 3 nitrogen and oxygen atoms in total. The average molecular weight is 368 g/mol. The molecule has 0 amide bonds. The van der Waals surface area contributed by atoms with Gasteiger partial charge in [-0.3, -0.25) is 4.98 Å². The maximum absolute atomic E-state index is 13.2. The Morgan fingerprint density at radius 2 is 1.65 bits per heavy atom. The van der Waals surface area contributed by atoms with E-state index in [2.05, 4.69) is 25.8 Å². The van der Waals surface area contributed by atoms with Gasteiger partial charge in [-0.25, -0.2) is 8.42 Å². The molecule has 0 aliphatic rings. The molecule has 0 N–H and O–H groups in total. The van der Waals surface area contributed by atoms with Gasteiger partial charge in [0.15, 0.2) is 9.84 Å². The van der Waals surface area contributed by atoms with E-state index in [1.165, 1.54) is 0 Å². The monoisotopic (exact) mass is 367 g/mol. The van der Waals surface area contributed by atoms with Crippen molar-refractivity contribution < 1.29 is 8.42 Å². The number of nitrogens with zero attached hydrogens (tertiary/aromatic N) is 1. The molecular weight excluding hydrogens is 342 g/mol. The van der Waals surface area contributed by atoms with Crippen molar-refractivity contribution in [2.24, 2.45) is 0 Å². The Balaban J connectivity index is 2.11. The largest absolute Gasteiger partial charge is 0.253 e. The number of hydrogen-bond acceptors (Lipinski definition) is 3. The maximum atomic E-state index is 13.2. The van der Waals surface area contributed by atoms with Gasteiger partial charge in [-0.2, -0.15) is 0 Å². The molecule has 0 aliphatic heterocycles. The zero-order valence-corrected chi connectivity index (χ0v) is 16.8. The summed E-state index contributed by atoms with van der Waals surface area (Å²) in [4.78, 5) is 4.93. The van der Waals surface area contributed by atoms with Crippen molar-refractivity contribution in [3.8, 4) is 0 Å². The van der Waals surface area contributed by atoms with Gasteiger partial charge in [0, 0.05) is 11.1 Å². The average Bonchev–Trinajstić information content (AvgIpc) is 2.53. The third-order valence-electron chi connectivity index (χ3n) is 4.66. The summed E-state index contributed by atoms with van der Waals surface area (Å²) in [5.41, 5.74) is 4.17. The van der Waals surface area contributed by atoms with Crippen LogP contribution in [0.25, 0.3) is 10.9 Å². The molecule has 0 radical (unpaired) electrons. The lowest BCUT2D eigenvalue weighted by Crippen LogP contribution is -2.14. The molecule has 136 valence electrons. The van der Waals surface area contributed by atoms with Crippen LogP contribution < -0.4 is 0 Å². The predicted octanol–water partition coefficient (Wildman–Crippen LogP) is 5.12. The summed E-state index contributed by atoms with van der Waals surface area (Å²) in [6, 6.07) is 15.3. The molecule has 0 spiro atoms. The first-order valence-corrected chi connectivity index (χ1v) is 10.4. The second-order valence-corrected chi connectivity index (χ2v) is 9.89. The Morgan fingerprint density at radius 1 is 0.962 bits per heavy atom. The molecule has 3 rings (SSSR count). The topological polar surface area (TPSA) is 47.0 Å². The van der Waals surface area contributed by atoms with Crippen LogP contribution in [0.4, 0.5) is 0 Å². The van der Waals surface area contributed by atoms with Crippen LogP contribution in [0.1, 0.15) is 43.2 Å². The molecule has 0 fully saturated rings. The minimum Gasteiger partial charge on any atom is -0.253 e. The van der Waals surface area contributed by atoms with Gasteiger partial charge in [0.2, 0.25) is 0 Å². The van der Waals surface area contributed by atoms with Crippen molar-refractivity contribution in [2.75, 3.05) is 0 Å². The molecule has 26 heavy (non-hydrogen) atoms. The summed E-state index contributed by atoms with van der Waals surface area (Å²) in [6.45, 7) is 10.0. The van der Waals surface area contributed by atoms with E-state index in [4.69, 9.17) is 0 Å². The molecule has 1 aromatic heterocycles. The zero-order valence-electron chi connectivity index (χ0n) is 16.0. The summed E-state index contributed by atoms with van der Waals surface area (Å²) >= 11 is 0. The molecule has 2 aromatic carbocycles. The maximum Gasteiger partial charge on any atom is 0.182 e. The van der Waals surface area contributed by atoms with E-state index in [-0.39, 0.29) is 11.2 Å². The molecule has 0 saturated carbocycles. The highest BCUT2D eigenvalue weighted by Gasteiger charge is 2.23. The first-order valence-electron chi connectivity index (χ1n) is 8.77. The number of hydrogen-bond donors (Lipinski definition) is 0. The number of sulfone groups is 1. The van der Waals surface area contributed by atoms with Gasteiger partial charge in [-0.05, 0) is 54.2 Å². The van der Waals surface area contributed by atoms with Crippen LogP contribution in [0.2, 0.25) is 0 Å². The zero-order chi connectivity index (χ0) is 19.1. The second kappa shape index (κ2) is 6.51. The summed E-state index contributed by atoms with van der Waals surface area (Å²) in [7, 11) is -3.46. The van der Waals surface area contributed by atoms with Crippen molar-refractivity contribution in [1.82, 2.24) is 4.98 Å². The summed E-state index contributed by atoms with van der Waals surface area (Å²) in [6.07, 6.45) is 0. The molecule has 0 unspecified atom stereocenters. The fraction of sp³-hybridized carbons (Fsp3) is 0.318. The number of rotatable bonds is 3. The Kier molecular flexibility index (Phi) is 4.65. The Morgan fingerprint density at radius 3 is 2.35 bits per heavy atom. The van der Waals surface area contributed by atoms with E-state index >= 15 is 0 Å². The summed E-state index contributed by atoms with van der Waals surface area (Å²) in [5, 5.41) is 0.895. The Labute approximate surface area is 156 Å². The molecule has 0 bridgehead atoms. The van der Waals surface area contributed by atoms with Crippen molar-refractivity contribution in [3.05, 3.63) is 70.9 Å². The van der Waals surface area contributed by atoms with Crippen molar-refractivity contribution in [3.63, 3.8) is 0 Å². The number of pyridine rings is 1. The first kappa shape index (κ1) is 18.6. The Bertz CT molecular complexity index is 1080. The van der Waals surface area contributed by atoms with Gasteiger partial charge >= 0.3 is 0 Å². The van der Waals surface area contributed by atoms with Crippen molar-refractivity contribution in [2.45, 2.75) is 50.7 Å². The Hall–Kier alpha value is -2.20. The van der Waals surface area contributed by atoms with Crippen LogP contribution in [0.5, 0.6) is 0 Å². The van der Waals surface area contributed by atoms with E-state index < -0.39 is 9.84 Å². The van der Waals surface area contributed by atoms with Gasteiger partial charge in [0.05, 0.1) is 16.2 Å². The number of fused-ring (bicyclic) bond motifs is 1. The van der Waals surface area contributed by atoms with Crippen LogP contribution >= 0.6 is 0 Å². The molecule has 3 aromatic rings. The highest BCUT2D eigenvalue weighted by molar-refractivity contribution is 7.90. The van der Waals surface area contributed by atoms with E-state index in [1.54, 1.807) is 0 Å². The van der Waals surface area contributed by atoms with E-state index in [1.807, 2.05) is 62.4 Å². The number of para-hydroxylation sites is 1. The van der Waals surface area contributed by atoms with Crippen LogP contribution in [0, 0.1) is 13.8 Å². The van der Waals surface area contributed by atoms with Gasteiger partial charge in [0.25, 0.3) is 0 Å². The van der Waals surface area contributed by atoms with E-state index in [0.29, 0.717) is 4.90 Å². The molecule has 0 aliphatic carbocycles. The minimum absolute atomic E-state index is 0.0225. The highest BCUT2D eigenvalue weighted by Crippen LogP contribution is 2.29. The predicted molar refractivity (Wildman–Crippen MR) is 107 cm³/mol. The smallest absolute Gasteiger partial charge is 0.182 e. The first-order chi connectivity index (χ1) is 12.1. The fourth-order valence-corrected chi connectivity index (χ4v) is 4.87. The summed E-state index contributed by atoms with van der Waals surface area (Å²) < 4.78 is 26.5. The van der Waals surface area contributed by atoms with Crippen LogP contribution in [-0.4, -0.2) is 13.4 Å². The van der Waals surface area contributed by atoms with E-state index in [9.17, 15) is 8.42 Å². The normalized spacial score (nSPS) is 12.5. The standard InChI is InChI=1S/C22H25NO2S/c1-15-10-11-18(22(3,4)5)13-21(15)26(24,25)14-17-12-16(2)23-20-9-7-6-8-19(17)20/h6-13H,14H2,1-5H3. The van der Waals surface area contributed by atoms with Gasteiger partial charge in [0.1, 0.15) is 0 Å². The quantitative estimate of drug-likeness (QED) is 0.645. The molecule has 4 heteroatoms. The van der Waals surface area contributed by atoms with Crippen molar-refractivity contribution in [1.29, 1.82) is 0 Å². The van der Waals surface area contributed by atoms with Gasteiger partial charge < -0.3 is 0 Å². The highest BCUT2D eigenvalue weighted by atomic mass is 32.2. The lowest BCUT2D eigenvalue weighted by molar-refractivity contribution is 0.582. The van der Waals surface area contributed by atoms with Crippen LogP contribution in [0.3, 0.4) is 0 Å². The van der Waals surface area contributed by atoms with Gasteiger partial charge in [-0.1, -0.05) is 51.1 Å². The molecule has 1 heterocycles. The van der Waals surface area contributed by atoms with Crippen LogP contribution in [-0.2, 0) is 21.0 Å². The molecule has 0 atom stereocenters. The molecular formula is C22H25NO2S. The fourth-order valence-electron chi connectivity index (χ4n) is 3.20. The van der Waals surface area contributed by atoms with Crippen molar-refractivity contribution >= 4 is 20.7 Å². The SMILES string of the molecule is Cc1cc(CS(=O)(=O)c2cc(C(C)(C)C)ccc2C)c2ccccc2n1. The second-order valence-electron chi connectivity index (χ2n) is 7.93. The lowest BCUT2D eigenvalue weighted by atomic mass is 9.87. The van der Waals surface area contributed by atoms with Crippen LogP contribution in [0.15, 0.2) is 53.4 Å². The number of benzene rings is 2. The van der Waals surface area contributed by atoms with E-state index in [0.717, 1.165) is 33.3 Å². The minimum atomic E-state index is -3.46. The lowest BCUT2D eigenvalue weighted by Gasteiger charge is -2.21.